The minimum Gasteiger partial charge on any atom is -0.507 e. The van der Waals surface area contributed by atoms with Crippen LogP contribution in [0, 0.1) is 5.92 Å². The fourth-order valence-electron chi connectivity index (χ4n) is 2.30. The maximum atomic E-state index is 12.3. The highest BCUT2D eigenvalue weighted by atomic mass is 35.5. The largest absolute Gasteiger partial charge is 0.507 e. The van der Waals surface area contributed by atoms with Gasteiger partial charge in [-0.25, -0.2) is 0 Å². The van der Waals surface area contributed by atoms with E-state index in [1.165, 1.54) is 18.2 Å². The lowest BCUT2D eigenvalue weighted by Gasteiger charge is -2.31. The molecule has 1 aliphatic heterocycles. The van der Waals surface area contributed by atoms with Crippen molar-refractivity contribution in [1.82, 2.24) is 4.90 Å². The molecule has 1 atom stereocenters. The van der Waals surface area contributed by atoms with Crippen LogP contribution in [0.1, 0.15) is 30.1 Å². The molecule has 19 heavy (non-hydrogen) atoms. The Balaban J connectivity index is 2.20. The lowest BCUT2D eigenvalue weighted by molar-refractivity contribution is -0.125. The number of amides is 1. The number of rotatable bonds is 2. The Hall–Kier alpha value is -1.55. The molecule has 1 heterocycles. The molecule has 1 saturated heterocycles. The molecule has 1 fully saturated rings. The molecule has 0 spiro atoms. The molecule has 1 aromatic carbocycles. The average Bonchev–Trinajstić information content (AvgIpc) is 2.41. The van der Waals surface area contributed by atoms with Crippen molar-refractivity contribution in [2.24, 2.45) is 5.92 Å². The monoisotopic (exact) mass is 281 g/mol. The fraction of sp³-hybridized carbons (Fsp3) is 0.429. The number of Topliss-reactive ketones (excluding diaryl/α,β-unsaturated/α-hetero) is 1. The summed E-state index contributed by atoms with van der Waals surface area (Å²) < 4.78 is 0. The highest BCUT2D eigenvalue weighted by Gasteiger charge is 2.29. The number of ketones is 1. The van der Waals surface area contributed by atoms with Crippen molar-refractivity contribution in [3.63, 3.8) is 0 Å². The number of likely N-dealkylation sites (tertiary alicyclic amines) is 1. The zero-order valence-electron chi connectivity index (χ0n) is 10.7. The van der Waals surface area contributed by atoms with Gasteiger partial charge in [-0.1, -0.05) is 18.5 Å². The number of aromatic hydroxyl groups is 1. The fourth-order valence-corrected chi connectivity index (χ4v) is 2.47. The Kier molecular flexibility index (Phi) is 4.10. The zero-order valence-corrected chi connectivity index (χ0v) is 11.5. The van der Waals surface area contributed by atoms with E-state index in [0.717, 1.165) is 6.42 Å². The summed E-state index contributed by atoms with van der Waals surface area (Å²) in [6, 6.07) is 4.39. The second-order valence-corrected chi connectivity index (χ2v) is 5.17. The van der Waals surface area contributed by atoms with E-state index < -0.39 is 0 Å². The van der Waals surface area contributed by atoms with Crippen molar-refractivity contribution in [3.8, 4) is 5.75 Å². The Morgan fingerprint density at radius 1 is 1.53 bits per heavy atom. The number of hydrogen-bond acceptors (Lipinski definition) is 3. The Bertz CT molecular complexity index is 515. The van der Waals surface area contributed by atoms with Crippen LogP contribution < -0.4 is 0 Å². The van der Waals surface area contributed by atoms with Crippen LogP contribution in [-0.2, 0) is 4.79 Å². The molecule has 0 aliphatic carbocycles. The highest BCUT2D eigenvalue weighted by molar-refractivity contribution is 6.31. The number of piperidine rings is 1. The summed E-state index contributed by atoms with van der Waals surface area (Å²) in [5.74, 6) is -0.244. The van der Waals surface area contributed by atoms with E-state index in [4.69, 9.17) is 11.6 Å². The molecule has 1 unspecified atom stereocenters. The van der Waals surface area contributed by atoms with Crippen molar-refractivity contribution in [1.29, 1.82) is 0 Å². The zero-order chi connectivity index (χ0) is 14.0. The van der Waals surface area contributed by atoms with Crippen molar-refractivity contribution >= 4 is 23.3 Å². The number of carbonyl (C=O) groups is 2. The quantitative estimate of drug-likeness (QED) is 0.906. The molecule has 0 bridgehead atoms. The van der Waals surface area contributed by atoms with Gasteiger partial charge in [-0.05, 0) is 24.6 Å². The summed E-state index contributed by atoms with van der Waals surface area (Å²) in [6.07, 6.45) is 1.11. The summed E-state index contributed by atoms with van der Waals surface area (Å²) >= 11 is 5.84. The van der Waals surface area contributed by atoms with Gasteiger partial charge in [0.2, 0.25) is 0 Å². The molecule has 1 aliphatic rings. The van der Waals surface area contributed by atoms with Crippen LogP contribution in [0.25, 0.3) is 0 Å². The summed E-state index contributed by atoms with van der Waals surface area (Å²) in [6.45, 7) is 2.76. The van der Waals surface area contributed by atoms with Crippen LogP contribution >= 0.6 is 11.6 Å². The molecule has 0 aromatic heterocycles. The molecular formula is C14H16ClNO3. The minimum atomic E-state index is -0.272. The number of benzene rings is 1. The lowest BCUT2D eigenvalue weighted by Crippen LogP contribution is -2.43. The second kappa shape index (κ2) is 5.61. The Morgan fingerprint density at radius 3 is 2.95 bits per heavy atom. The molecule has 1 aromatic rings. The lowest BCUT2D eigenvalue weighted by atomic mass is 9.93. The SMILES string of the molecule is CCC1CN(C(=O)c2cc(Cl)ccc2O)CCC1=O. The van der Waals surface area contributed by atoms with Crippen LogP contribution in [0.3, 0.4) is 0 Å². The second-order valence-electron chi connectivity index (χ2n) is 4.73. The molecule has 1 amide bonds. The van der Waals surface area contributed by atoms with Gasteiger partial charge in [-0.15, -0.1) is 0 Å². The molecule has 2 rings (SSSR count). The Labute approximate surface area is 117 Å². The van der Waals surface area contributed by atoms with Gasteiger partial charge in [-0.2, -0.15) is 0 Å². The first-order chi connectivity index (χ1) is 9.02. The topological polar surface area (TPSA) is 57.6 Å². The molecular weight excluding hydrogens is 266 g/mol. The van der Waals surface area contributed by atoms with Gasteiger partial charge in [0.15, 0.2) is 0 Å². The third-order valence-electron chi connectivity index (χ3n) is 3.49. The van der Waals surface area contributed by atoms with Crippen molar-refractivity contribution < 1.29 is 14.7 Å². The molecule has 4 nitrogen and oxygen atoms in total. The molecule has 0 saturated carbocycles. The van der Waals surface area contributed by atoms with Crippen molar-refractivity contribution in [2.45, 2.75) is 19.8 Å². The van der Waals surface area contributed by atoms with Gasteiger partial charge in [-0.3, -0.25) is 9.59 Å². The normalized spacial score (nSPS) is 19.6. The van der Waals surface area contributed by atoms with E-state index in [2.05, 4.69) is 0 Å². The standard InChI is InChI=1S/C14H16ClNO3/c1-2-9-8-16(6-5-12(9)17)14(19)11-7-10(15)3-4-13(11)18/h3-4,7,9,18H,2,5-6,8H2,1H3. The molecule has 1 N–H and O–H groups in total. The van der Waals surface area contributed by atoms with Crippen molar-refractivity contribution in [3.05, 3.63) is 28.8 Å². The predicted molar refractivity (Wildman–Crippen MR) is 72.4 cm³/mol. The van der Waals surface area contributed by atoms with Gasteiger partial charge >= 0.3 is 0 Å². The first kappa shape index (κ1) is 13.9. The van der Waals surface area contributed by atoms with Gasteiger partial charge in [0.1, 0.15) is 11.5 Å². The Morgan fingerprint density at radius 2 is 2.26 bits per heavy atom. The van der Waals surface area contributed by atoms with Gasteiger partial charge in [0.25, 0.3) is 5.91 Å². The molecule has 102 valence electrons. The van der Waals surface area contributed by atoms with E-state index in [0.29, 0.717) is 24.5 Å². The minimum absolute atomic E-state index is 0.0839. The summed E-state index contributed by atoms with van der Waals surface area (Å²) in [7, 11) is 0. The summed E-state index contributed by atoms with van der Waals surface area (Å²) in [5.41, 5.74) is 0.191. The maximum absolute atomic E-state index is 12.3. The van der Waals surface area contributed by atoms with E-state index in [1.54, 1.807) is 4.90 Å². The number of halogens is 1. The highest BCUT2D eigenvalue weighted by Crippen LogP contribution is 2.25. The maximum Gasteiger partial charge on any atom is 0.257 e. The molecule has 0 radical (unpaired) electrons. The summed E-state index contributed by atoms with van der Waals surface area (Å²) in [5, 5.41) is 10.1. The van der Waals surface area contributed by atoms with Gasteiger partial charge < -0.3 is 10.0 Å². The van der Waals surface area contributed by atoms with Crippen LogP contribution in [0.15, 0.2) is 18.2 Å². The average molecular weight is 282 g/mol. The number of phenols is 1. The van der Waals surface area contributed by atoms with E-state index >= 15 is 0 Å². The summed E-state index contributed by atoms with van der Waals surface area (Å²) in [4.78, 5) is 25.6. The third kappa shape index (κ3) is 2.89. The predicted octanol–water partition coefficient (Wildman–Crippen LogP) is 2.49. The van der Waals surface area contributed by atoms with E-state index in [9.17, 15) is 14.7 Å². The smallest absolute Gasteiger partial charge is 0.257 e. The van der Waals surface area contributed by atoms with Crippen LogP contribution in [-0.4, -0.2) is 34.8 Å². The van der Waals surface area contributed by atoms with E-state index in [1.807, 2.05) is 6.92 Å². The number of phenolic OH excluding ortho intramolecular Hbond substituents is 1. The van der Waals surface area contributed by atoms with Crippen LogP contribution in [0.5, 0.6) is 5.75 Å². The number of hydrogen-bond donors (Lipinski definition) is 1. The van der Waals surface area contributed by atoms with Gasteiger partial charge in [0, 0.05) is 30.5 Å². The van der Waals surface area contributed by atoms with E-state index in [-0.39, 0.29) is 28.9 Å². The van der Waals surface area contributed by atoms with Crippen LogP contribution in [0.2, 0.25) is 5.02 Å². The first-order valence-electron chi connectivity index (χ1n) is 6.33. The van der Waals surface area contributed by atoms with Crippen LogP contribution in [0.4, 0.5) is 0 Å². The van der Waals surface area contributed by atoms with Gasteiger partial charge in [0.05, 0.1) is 5.56 Å². The third-order valence-corrected chi connectivity index (χ3v) is 3.73. The first-order valence-corrected chi connectivity index (χ1v) is 6.71. The number of nitrogens with zero attached hydrogens (tertiary/aromatic N) is 1. The van der Waals surface area contributed by atoms with Crippen molar-refractivity contribution in [2.75, 3.05) is 13.1 Å². The molecule has 5 heteroatoms. The number of carbonyl (C=O) groups excluding carboxylic acids is 2.